The normalized spacial score (nSPS) is 10.4. The van der Waals surface area contributed by atoms with Gasteiger partial charge >= 0.3 is 0 Å². The number of halogens is 1. The van der Waals surface area contributed by atoms with E-state index >= 15 is 0 Å². The monoisotopic (exact) mass is 318 g/mol. The molecule has 2 rings (SSSR count). The van der Waals surface area contributed by atoms with Crippen LogP contribution in [0.1, 0.15) is 25.3 Å². The third kappa shape index (κ3) is 3.96. The molecule has 0 bridgehead atoms. The van der Waals surface area contributed by atoms with Gasteiger partial charge in [0.15, 0.2) is 0 Å². The number of nitrogens with zero attached hydrogens (tertiary/aromatic N) is 1. The summed E-state index contributed by atoms with van der Waals surface area (Å²) in [4.78, 5) is 2.60. The van der Waals surface area contributed by atoms with Crippen molar-refractivity contribution in [2.45, 2.75) is 19.8 Å². The number of hydrogen-bond donors (Lipinski definition) is 1. The lowest BCUT2D eigenvalue weighted by atomic mass is 10.1. The Labute approximate surface area is 136 Å². The lowest BCUT2D eigenvalue weighted by Crippen LogP contribution is -2.19. The average molecular weight is 319 g/mol. The fraction of sp³-hybridized carbons (Fsp3) is 0.235. The quantitative estimate of drug-likeness (QED) is 0.767. The van der Waals surface area contributed by atoms with Crippen LogP contribution >= 0.6 is 23.8 Å². The van der Waals surface area contributed by atoms with Crippen LogP contribution in [0.3, 0.4) is 0 Å². The summed E-state index contributed by atoms with van der Waals surface area (Å²) in [6.07, 6.45) is 2.23. The molecule has 0 aromatic heterocycles. The van der Waals surface area contributed by atoms with Gasteiger partial charge in [-0.3, -0.25) is 0 Å². The third-order valence-electron chi connectivity index (χ3n) is 3.33. The van der Waals surface area contributed by atoms with Gasteiger partial charge in [0.2, 0.25) is 0 Å². The summed E-state index contributed by atoms with van der Waals surface area (Å²) >= 11 is 11.4. The Morgan fingerprint density at radius 3 is 2.48 bits per heavy atom. The molecule has 0 aliphatic carbocycles. The van der Waals surface area contributed by atoms with E-state index in [1.807, 2.05) is 36.4 Å². The number of nitrogens with two attached hydrogens (primary N) is 1. The average Bonchev–Trinajstić information content (AvgIpc) is 2.50. The number of anilines is 2. The van der Waals surface area contributed by atoms with Crippen molar-refractivity contribution in [2.24, 2.45) is 5.73 Å². The predicted molar refractivity (Wildman–Crippen MR) is 95.7 cm³/mol. The van der Waals surface area contributed by atoms with E-state index in [4.69, 9.17) is 29.6 Å². The molecule has 2 aromatic rings. The summed E-state index contributed by atoms with van der Waals surface area (Å²) in [6.45, 7) is 3.10. The van der Waals surface area contributed by atoms with Crippen LogP contribution in [-0.2, 0) is 0 Å². The van der Waals surface area contributed by atoms with Gasteiger partial charge in [0.25, 0.3) is 0 Å². The largest absolute Gasteiger partial charge is 0.389 e. The van der Waals surface area contributed by atoms with Gasteiger partial charge in [-0.05, 0) is 36.8 Å². The smallest absolute Gasteiger partial charge is 0.104 e. The standard InChI is InChI=1S/C17H19ClN2S/c1-2-3-11-20(14-7-5-4-6-8-14)16-10-9-13(17(19)21)12-15(16)18/h4-10,12H,2-3,11H2,1H3,(H2,19,21). The van der Waals surface area contributed by atoms with Gasteiger partial charge in [0, 0.05) is 17.8 Å². The van der Waals surface area contributed by atoms with Crippen LogP contribution in [0.15, 0.2) is 48.5 Å². The molecule has 0 unspecified atom stereocenters. The highest BCUT2D eigenvalue weighted by molar-refractivity contribution is 7.80. The first kappa shape index (κ1) is 15.8. The molecule has 0 heterocycles. The minimum Gasteiger partial charge on any atom is -0.389 e. The van der Waals surface area contributed by atoms with Gasteiger partial charge in [-0.15, -0.1) is 0 Å². The van der Waals surface area contributed by atoms with E-state index < -0.39 is 0 Å². The Morgan fingerprint density at radius 1 is 1.19 bits per heavy atom. The molecule has 4 heteroatoms. The number of para-hydroxylation sites is 1. The van der Waals surface area contributed by atoms with Crippen LogP contribution in [0.5, 0.6) is 0 Å². The third-order valence-corrected chi connectivity index (χ3v) is 3.86. The fourth-order valence-electron chi connectivity index (χ4n) is 2.19. The van der Waals surface area contributed by atoms with Crippen molar-refractivity contribution in [1.82, 2.24) is 0 Å². The Morgan fingerprint density at radius 2 is 1.90 bits per heavy atom. The Hall–Kier alpha value is -1.58. The van der Waals surface area contributed by atoms with Crippen LogP contribution in [0.4, 0.5) is 11.4 Å². The lowest BCUT2D eigenvalue weighted by molar-refractivity contribution is 0.786. The van der Waals surface area contributed by atoms with E-state index in [1.54, 1.807) is 0 Å². The van der Waals surface area contributed by atoms with Crippen molar-refractivity contribution < 1.29 is 0 Å². The Kier molecular flexibility index (Phi) is 5.59. The fourth-order valence-corrected chi connectivity index (χ4v) is 2.60. The Bertz CT molecular complexity index is 613. The van der Waals surface area contributed by atoms with E-state index in [1.165, 1.54) is 0 Å². The number of benzene rings is 2. The molecule has 0 saturated heterocycles. The van der Waals surface area contributed by atoms with Gasteiger partial charge in [0.1, 0.15) is 4.99 Å². The van der Waals surface area contributed by atoms with Gasteiger partial charge in [-0.1, -0.05) is 55.4 Å². The minimum atomic E-state index is 0.364. The van der Waals surface area contributed by atoms with E-state index in [0.29, 0.717) is 10.0 Å². The number of thiocarbonyl (C=S) groups is 1. The predicted octanol–water partition coefficient (Wildman–Crippen LogP) is 4.91. The molecule has 2 N–H and O–H groups in total. The zero-order valence-electron chi connectivity index (χ0n) is 12.1. The maximum absolute atomic E-state index is 6.44. The molecule has 2 nitrogen and oxygen atoms in total. The van der Waals surface area contributed by atoms with Crippen LogP contribution < -0.4 is 10.6 Å². The molecule has 0 aliphatic heterocycles. The topological polar surface area (TPSA) is 29.3 Å². The van der Waals surface area contributed by atoms with E-state index in [0.717, 1.165) is 36.3 Å². The van der Waals surface area contributed by atoms with Crippen LogP contribution in [0.2, 0.25) is 5.02 Å². The van der Waals surface area contributed by atoms with Gasteiger partial charge in [0.05, 0.1) is 10.7 Å². The van der Waals surface area contributed by atoms with Crippen molar-refractivity contribution in [3.05, 3.63) is 59.1 Å². The highest BCUT2D eigenvalue weighted by Gasteiger charge is 2.13. The van der Waals surface area contributed by atoms with E-state index in [2.05, 4.69) is 24.0 Å². The molecule has 0 fully saturated rings. The second-order valence-electron chi connectivity index (χ2n) is 4.87. The molecule has 110 valence electrons. The van der Waals surface area contributed by atoms with Crippen molar-refractivity contribution in [3.63, 3.8) is 0 Å². The maximum atomic E-state index is 6.44. The summed E-state index contributed by atoms with van der Waals surface area (Å²) in [7, 11) is 0. The summed E-state index contributed by atoms with van der Waals surface area (Å²) in [5, 5.41) is 0.667. The first-order chi connectivity index (χ1) is 10.1. The first-order valence-electron chi connectivity index (χ1n) is 7.05. The zero-order valence-corrected chi connectivity index (χ0v) is 13.6. The van der Waals surface area contributed by atoms with Crippen molar-refractivity contribution >= 4 is 40.2 Å². The highest BCUT2D eigenvalue weighted by Crippen LogP contribution is 2.32. The number of unbranched alkanes of at least 4 members (excludes halogenated alkanes) is 1. The van der Waals surface area contributed by atoms with Crippen LogP contribution in [0.25, 0.3) is 0 Å². The van der Waals surface area contributed by atoms with Gasteiger partial charge in [-0.25, -0.2) is 0 Å². The van der Waals surface area contributed by atoms with Gasteiger partial charge < -0.3 is 10.6 Å². The summed E-state index contributed by atoms with van der Waals surface area (Å²) in [5.74, 6) is 0. The molecular formula is C17H19ClN2S. The van der Waals surface area contributed by atoms with Gasteiger partial charge in [-0.2, -0.15) is 0 Å². The first-order valence-corrected chi connectivity index (χ1v) is 7.84. The van der Waals surface area contributed by atoms with E-state index in [-0.39, 0.29) is 0 Å². The maximum Gasteiger partial charge on any atom is 0.104 e. The number of rotatable bonds is 6. The summed E-state index contributed by atoms with van der Waals surface area (Å²) in [5.41, 5.74) is 8.57. The SMILES string of the molecule is CCCCN(c1ccccc1)c1ccc(C(N)=S)cc1Cl. The van der Waals surface area contributed by atoms with Crippen LogP contribution in [-0.4, -0.2) is 11.5 Å². The minimum absolute atomic E-state index is 0.364. The molecule has 21 heavy (non-hydrogen) atoms. The Balaban J connectivity index is 2.39. The molecule has 0 atom stereocenters. The van der Waals surface area contributed by atoms with E-state index in [9.17, 15) is 0 Å². The summed E-state index contributed by atoms with van der Waals surface area (Å²) < 4.78 is 0. The molecule has 2 aromatic carbocycles. The summed E-state index contributed by atoms with van der Waals surface area (Å²) in [6, 6.07) is 16.0. The molecule has 0 amide bonds. The van der Waals surface area contributed by atoms with Crippen molar-refractivity contribution in [3.8, 4) is 0 Å². The molecule has 0 radical (unpaired) electrons. The molecular weight excluding hydrogens is 300 g/mol. The van der Waals surface area contributed by atoms with Crippen molar-refractivity contribution in [2.75, 3.05) is 11.4 Å². The highest BCUT2D eigenvalue weighted by atomic mass is 35.5. The van der Waals surface area contributed by atoms with Crippen molar-refractivity contribution in [1.29, 1.82) is 0 Å². The molecule has 0 aliphatic rings. The molecule has 0 spiro atoms. The molecule has 0 saturated carbocycles. The second kappa shape index (κ2) is 7.43. The zero-order chi connectivity index (χ0) is 15.2. The second-order valence-corrected chi connectivity index (χ2v) is 5.72. The lowest BCUT2D eigenvalue weighted by Gasteiger charge is -2.26. The van der Waals surface area contributed by atoms with Crippen LogP contribution in [0, 0.1) is 0 Å². The number of hydrogen-bond acceptors (Lipinski definition) is 2.